The van der Waals surface area contributed by atoms with Crippen molar-refractivity contribution in [3.63, 3.8) is 0 Å². The van der Waals surface area contributed by atoms with Crippen molar-refractivity contribution in [1.29, 1.82) is 0 Å². The molecule has 64 heavy (non-hydrogen) atoms. The molecule has 1 rings (SSSR count). The molecule has 0 aromatic carbocycles. The summed E-state index contributed by atoms with van der Waals surface area (Å²) in [6.07, 6.45) is 53.1. The smallest absolute Gasteiger partial charge is 0.220 e. The Morgan fingerprint density at radius 1 is 0.547 bits per heavy atom. The fourth-order valence-corrected chi connectivity index (χ4v) is 8.11. The van der Waals surface area contributed by atoms with Gasteiger partial charge in [-0.15, -0.1) is 0 Å². The summed E-state index contributed by atoms with van der Waals surface area (Å²) in [4.78, 5) is 13.0. The lowest BCUT2D eigenvalue weighted by molar-refractivity contribution is -0.302. The van der Waals surface area contributed by atoms with Crippen LogP contribution in [0, 0.1) is 0 Å². The van der Waals surface area contributed by atoms with Gasteiger partial charge in [-0.05, 0) is 70.6 Å². The van der Waals surface area contributed by atoms with Crippen LogP contribution in [-0.2, 0) is 14.3 Å². The average Bonchev–Trinajstić information content (AvgIpc) is 3.29. The molecule has 372 valence electrons. The molecule has 0 bridgehead atoms. The molecular weight excluding hydrogens is 803 g/mol. The molecule has 0 saturated carbocycles. The summed E-state index contributed by atoms with van der Waals surface area (Å²) >= 11 is 0. The third kappa shape index (κ3) is 34.2. The van der Waals surface area contributed by atoms with Gasteiger partial charge in [-0.1, -0.05) is 209 Å². The van der Waals surface area contributed by atoms with Crippen LogP contribution in [0.2, 0.25) is 0 Å². The quantitative estimate of drug-likeness (QED) is 0.0262. The average molecular weight is 902 g/mol. The van der Waals surface area contributed by atoms with Crippen LogP contribution in [0.25, 0.3) is 0 Å². The van der Waals surface area contributed by atoms with Crippen LogP contribution >= 0.6 is 0 Å². The second kappa shape index (κ2) is 44.7. The normalized spacial score (nSPS) is 20.5. The molecule has 1 aliphatic heterocycles. The van der Waals surface area contributed by atoms with E-state index in [4.69, 9.17) is 9.47 Å². The molecular formula is C55H99NO8. The van der Waals surface area contributed by atoms with E-state index in [1.54, 1.807) is 6.08 Å². The van der Waals surface area contributed by atoms with Crippen LogP contribution in [0.1, 0.15) is 226 Å². The van der Waals surface area contributed by atoms with Gasteiger partial charge in [-0.3, -0.25) is 4.79 Å². The summed E-state index contributed by atoms with van der Waals surface area (Å²) in [6.45, 7) is 3.62. The Kier molecular flexibility index (Phi) is 41.9. The lowest BCUT2D eigenvalue weighted by atomic mass is 9.99. The van der Waals surface area contributed by atoms with Crippen LogP contribution in [0.3, 0.4) is 0 Å². The Morgan fingerprint density at radius 2 is 0.984 bits per heavy atom. The topological polar surface area (TPSA) is 149 Å². The minimum Gasteiger partial charge on any atom is -0.394 e. The van der Waals surface area contributed by atoms with E-state index in [0.717, 1.165) is 57.8 Å². The third-order valence-corrected chi connectivity index (χ3v) is 12.3. The molecule has 0 aromatic heterocycles. The highest BCUT2D eigenvalue weighted by atomic mass is 16.7. The SMILES string of the molecule is CC/C=C/CC/C=C/CC/C=C/C(O)C(COC1OC(CO)C(O)C(O)C1O)NC(=O)CCCCCCCCCCCCCCCCCCCCC/C=C\C/C=C\CCCCCCC. The summed E-state index contributed by atoms with van der Waals surface area (Å²) in [5.74, 6) is -0.193. The Hall–Kier alpha value is -2.11. The summed E-state index contributed by atoms with van der Waals surface area (Å²) in [5, 5.41) is 54.1. The molecule has 9 nitrogen and oxygen atoms in total. The van der Waals surface area contributed by atoms with E-state index >= 15 is 0 Å². The molecule has 1 saturated heterocycles. The van der Waals surface area contributed by atoms with E-state index in [1.807, 2.05) is 6.08 Å². The van der Waals surface area contributed by atoms with E-state index in [0.29, 0.717) is 6.42 Å². The molecule has 1 fully saturated rings. The fourth-order valence-electron chi connectivity index (χ4n) is 8.11. The number of carbonyl (C=O) groups excluding carboxylic acids is 1. The summed E-state index contributed by atoms with van der Waals surface area (Å²) in [6, 6.07) is -0.826. The molecule has 0 aromatic rings. The number of amides is 1. The number of aliphatic hydroxyl groups excluding tert-OH is 5. The van der Waals surface area contributed by atoms with Gasteiger partial charge in [0.2, 0.25) is 5.91 Å². The van der Waals surface area contributed by atoms with Crippen molar-refractivity contribution < 1.29 is 39.8 Å². The molecule has 0 aliphatic carbocycles. The number of hydrogen-bond donors (Lipinski definition) is 6. The van der Waals surface area contributed by atoms with Gasteiger partial charge < -0.3 is 40.3 Å². The first-order valence-electron chi connectivity index (χ1n) is 26.5. The molecule has 1 heterocycles. The minimum absolute atomic E-state index is 0.193. The second-order valence-corrected chi connectivity index (χ2v) is 18.3. The van der Waals surface area contributed by atoms with Crippen LogP contribution in [0.15, 0.2) is 60.8 Å². The standard InChI is InChI=1S/C55H99NO8/c1-3-5-7-9-11-13-15-16-17-18-19-20-21-22-23-24-25-26-27-28-29-30-31-32-33-34-35-37-39-41-43-45-51(59)56-48(47-63-55-54(62)53(61)52(60)50(46-57)64-55)49(58)44-42-40-38-36-14-12-10-8-6-4-2/h6,8,14-16,18-19,36,42,44,48-50,52-55,57-58,60-62H,3-5,7,9-13,17,20-35,37-41,43,45-47H2,1-2H3,(H,56,59)/b8-6+,16-15-,19-18-,36-14+,44-42+. The lowest BCUT2D eigenvalue weighted by Gasteiger charge is -2.40. The van der Waals surface area contributed by atoms with Gasteiger partial charge in [-0.25, -0.2) is 0 Å². The summed E-state index contributed by atoms with van der Waals surface area (Å²) in [5.41, 5.74) is 0. The molecule has 1 amide bonds. The van der Waals surface area contributed by atoms with E-state index in [9.17, 15) is 30.3 Å². The number of nitrogens with one attached hydrogen (secondary N) is 1. The van der Waals surface area contributed by atoms with Crippen molar-refractivity contribution in [2.45, 2.75) is 269 Å². The van der Waals surface area contributed by atoms with Gasteiger partial charge in [0.15, 0.2) is 6.29 Å². The molecule has 9 heteroatoms. The van der Waals surface area contributed by atoms with Crippen molar-refractivity contribution in [2.24, 2.45) is 0 Å². The zero-order chi connectivity index (χ0) is 46.6. The highest BCUT2D eigenvalue weighted by Crippen LogP contribution is 2.23. The Balaban J connectivity index is 2.12. The number of rotatable bonds is 44. The maximum Gasteiger partial charge on any atom is 0.220 e. The zero-order valence-electron chi connectivity index (χ0n) is 41.0. The maximum atomic E-state index is 13.0. The Morgan fingerprint density at radius 3 is 1.47 bits per heavy atom. The maximum absolute atomic E-state index is 13.0. The van der Waals surface area contributed by atoms with Crippen molar-refractivity contribution in [1.82, 2.24) is 5.32 Å². The molecule has 0 spiro atoms. The highest BCUT2D eigenvalue weighted by Gasteiger charge is 2.44. The minimum atomic E-state index is -1.57. The Labute approximate surface area is 392 Å². The van der Waals surface area contributed by atoms with Crippen LogP contribution in [0.5, 0.6) is 0 Å². The van der Waals surface area contributed by atoms with Crippen molar-refractivity contribution in [2.75, 3.05) is 13.2 Å². The molecule has 1 aliphatic rings. The highest BCUT2D eigenvalue weighted by molar-refractivity contribution is 5.76. The van der Waals surface area contributed by atoms with E-state index < -0.39 is 49.5 Å². The van der Waals surface area contributed by atoms with E-state index in [-0.39, 0.29) is 12.5 Å². The number of ether oxygens (including phenoxy) is 2. The molecule has 7 unspecified atom stereocenters. The summed E-state index contributed by atoms with van der Waals surface area (Å²) in [7, 11) is 0. The molecule has 6 N–H and O–H groups in total. The predicted octanol–water partition coefficient (Wildman–Crippen LogP) is 12.3. The number of aliphatic hydroxyl groups is 5. The monoisotopic (exact) mass is 902 g/mol. The first-order chi connectivity index (χ1) is 31.3. The third-order valence-electron chi connectivity index (χ3n) is 12.3. The first-order valence-corrected chi connectivity index (χ1v) is 26.5. The van der Waals surface area contributed by atoms with Crippen molar-refractivity contribution in [3.8, 4) is 0 Å². The van der Waals surface area contributed by atoms with Gasteiger partial charge in [0, 0.05) is 6.42 Å². The van der Waals surface area contributed by atoms with Crippen molar-refractivity contribution in [3.05, 3.63) is 60.8 Å². The molecule has 7 atom stereocenters. The van der Waals surface area contributed by atoms with Gasteiger partial charge >= 0.3 is 0 Å². The number of carbonyl (C=O) groups is 1. The fraction of sp³-hybridized carbons (Fsp3) is 0.800. The van der Waals surface area contributed by atoms with E-state index in [1.165, 1.54) is 148 Å². The van der Waals surface area contributed by atoms with Gasteiger partial charge in [0.1, 0.15) is 24.4 Å². The first kappa shape index (κ1) is 59.9. The summed E-state index contributed by atoms with van der Waals surface area (Å²) < 4.78 is 11.2. The largest absolute Gasteiger partial charge is 0.394 e. The van der Waals surface area contributed by atoms with Crippen LogP contribution < -0.4 is 5.32 Å². The zero-order valence-corrected chi connectivity index (χ0v) is 41.0. The predicted molar refractivity (Wildman–Crippen MR) is 267 cm³/mol. The van der Waals surface area contributed by atoms with Gasteiger partial charge in [0.05, 0.1) is 25.4 Å². The number of hydrogen-bond acceptors (Lipinski definition) is 8. The van der Waals surface area contributed by atoms with Crippen LogP contribution in [0.4, 0.5) is 0 Å². The van der Waals surface area contributed by atoms with Crippen LogP contribution in [-0.4, -0.2) is 87.5 Å². The number of allylic oxidation sites excluding steroid dienone is 9. The van der Waals surface area contributed by atoms with Gasteiger partial charge in [0.25, 0.3) is 0 Å². The van der Waals surface area contributed by atoms with Crippen molar-refractivity contribution >= 4 is 5.91 Å². The lowest BCUT2D eigenvalue weighted by Crippen LogP contribution is -2.60. The second-order valence-electron chi connectivity index (χ2n) is 18.3. The van der Waals surface area contributed by atoms with E-state index in [2.05, 4.69) is 67.8 Å². The van der Waals surface area contributed by atoms with Gasteiger partial charge in [-0.2, -0.15) is 0 Å². The number of unbranched alkanes of at least 4 members (excludes halogenated alkanes) is 26. The molecule has 0 radical (unpaired) electrons. The Bertz CT molecular complexity index is 1180.